The molecule has 0 aromatic heterocycles. The molecule has 0 aliphatic carbocycles. The van der Waals surface area contributed by atoms with E-state index >= 15 is 0 Å². The third-order valence-electron chi connectivity index (χ3n) is 2.91. The van der Waals surface area contributed by atoms with E-state index < -0.39 is 6.04 Å². The van der Waals surface area contributed by atoms with Crippen molar-refractivity contribution < 1.29 is 0 Å². The van der Waals surface area contributed by atoms with E-state index in [1.807, 2.05) is 13.8 Å². The summed E-state index contributed by atoms with van der Waals surface area (Å²) in [4.78, 5) is 0. The van der Waals surface area contributed by atoms with Crippen LogP contribution in [0.15, 0.2) is 12.1 Å². The fourth-order valence-corrected chi connectivity index (χ4v) is 1.96. The summed E-state index contributed by atoms with van der Waals surface area (Å²) >= 11 is 0. The van der Waals surface area contributed by atoms with Crippen LogP contribution in [-0.2, 0) is 5.41 Å². The number of hydrogen-bond acceptors (Lipinski definition) is 2. The molecule has 0 spiro atoms. The lowest BCUT2D eigenvalue weighted by molar-refractivity contribution is 0.588. The summed E-state index contributed by atoms with van der Waals surface area (Å²) in [6, 6.07) is 5.86. The van der Waals surface area contributed by atoms with Crippen molar-refractivity contribution in [3.05, 3.63) is 34.4 Å². The van der Waals surface area contributed by atoms with Crippen molar-refractivity contribution in [2.75, 3.05) is 0 Å². The highest BCUT2D eigenvalue weighted by molar-refractivity contribution is 5.43. The van der Waals surface area contributed by atoms with Crippen LogP contribution in [-0.4, -0.2) is 0 Å². The Kier molecular flexibility index (Phi) is 3.40. The summed E-state index contributed by atoms with van der Waals surface area (Å²) in [5, 5.41) is 8.89. The van der Waals surface area contributed by atoms with Crippen LogP contribution in [0.5, 0.6) is 0 Å². The molecule has 0 saturated carbocycles. The molecule has 0 saturated heterocycles. The van der Waals surface area contributed by atoms with Gasteiger partial charge in [0.1, 0.15) is 6.04 Å². The average Bonchev–Trinajstić information content (AvgIpc) is 2.14. The van der Waals surface area contributed by atoms with Crippen molar-refractivity contribution in [3.8, 4) is 6.07 Å². The molecule has 1 aromatic rings. The summed E-state index contributed by atoms with van der Waals surface area (Å²) in [7, 11) is 0. The molecule has 2 nitrogen and oxygen atoms in total. The van der Waals surface area contributed by atoms with Crippen molar-refractivity contribution in [1.29, 1.82) is 5.26 Å². The molecule has 1 atom stereocenters. The van der Waals surface area contributed by atoms with Crippen molar-refractivity contribution in [2.45, 2.75) is 46.1 Å². The van der Waals surface area contributed by atoms with E-state index in [1.54, 1.807) is 0 Å². The highest BCUT2D eigenvalue weighted by Crippen LogP contribution is 2.28. The molecule has 0 bridgehead atoms. The molecule has 0 heterocycles. The molecule has 1 aromatic carbocycles. The lowest BCUT2D eigenvalue weighted by Crippen LogP contribution is -2.15. The Morgan fingerprint density at radius 2 is 1.62 bits per heavy atom. The fraction of sp³-hybridized carbons (Fsp3) is 0.500. The number of nitriles is 1. The van der Waals surface area contributed by atoms with Crippen LogP contribution in [0.25, 0.3) is 0 Å². The van der Waals surface area contributed by atoms with Gasteiger partial charge in [0.25, 0.3) is 0 Å². The minimum atomic E-state index is -0.519. The quantitative estimate of drug-likeness (QED) is 0.784. The van der Waals surface area contributed by atoms with Crippen molar-refractivity contribution >= 4 is 0 Å². The number of benzene rings is 1. The van der Waals surface area contributed by atoms with Gasteiger partial charge in [0, 0.05) is 0 Å². The van der Waals surface area contributed by atoms with Crippen LogP contribution in [0.4, 0.5) is 0 Å². The summed E-state index contributed by atoms with van der Waals surface area (Å²) in [6.07, 6.45) is 0. The molecule has 0 radical (unpaired) electrons. The smallest absolute Gasteiger partial charge is 0.119 e. The zero-order valence-electron chi connectivity index (χ0n) is 10.8. The first-order valence-electron chi connectivity index (χ1n) is 5.54. The van der Waals surface area contributed by atoms with Crippen molar-refractivity contribution in [2.24, 2.45) is 5.73 Å². The van der Waals surface area contributed by atoms with Gasteiger partial charge >= 0.3 is 0 Å². The van der Waals surface area contributed by atoms with Gasteiger partial charge in [0.05, 0.1) is 6.07 Å². The van der Waals surface area contributed by atoms with E-state index in [-0.39, 0.29) is 5.41 Å². The van der Waals surface area contributed by atoms with Gasteiger partial charge in [-0.15, -0.1) is 0 Å². The van der Waals surface area contributed by atoms with Gasteiger partial charge < -0.3 is 5.73 Å². The molecule has 0 fully saturated rings. The summed E-state index contributed by atoms with van der Waals surface area (Å²) in [6.45, 7) is 10.6. The largest absolute Gasteiger partial charge is 0.312 e. The van der Waals surface area contributed by atoms with E-state index in [9.17, 15) is 0 Å². The molecule has 0 amide bonds. The summed E-state index contributed by atoms with van der Waals surface area (Å²) < 4.78 is 0. The molecule has 86 valence electrons. The van der Waals surface area contributed by atoms with Gasteiger partial charge in [-0.1, -0.05) is 32.9 Å². The Morgan fingerprint density at radius 3 is 1.94 bits per heavy atom. The predicted octanol–water partition coefficient (Wildman–Crippen LogP) is 3.12. The highest BCUT2D eigenvalue weighted by Gasteiger charge is 2.18. The fourth-order valence-electron chi connectivity index (χ4n) is 1.96. The molecule has 1 rings (SSSR count). The van der Waals surface area contributed by atoms with E-state index in [0.717, 1.165) is 16.7 Å². The number of nitrogens with zero attached hydrogens (tertiary/aromatic N) is 1. The SMILES string of the molecule is Cc1cc(C(C)(C)C)cc(C)c1C(N)C#N. The maximum absolute atomic E-state index is 8.89. The van der Waals surface area contributed by atoms with Crippen LogP contribution in [0.3, 0.4) is 0 Å². The van der Waals surface area contributed by atoms with Crippen LogP contribution in [0, 0.1) is 25.2 Å². The van der Waals surface area contributed by atoms with Gasteiger partial charge in [0.15, 0.2) is 0 Å². The van der Waals surface area contributed by atoms with Crippen molar-refractivity contribution in [1.82, 2.24) is 0 Å². The molecule has 0 aliphatic rings. The Morgan fingerprint density at radius 1 is 1.19 bits per heavy atom. The Bertz CT molecular complexity index is 410. The van der Waals surface area contributed by atoms with Crippen LogP contribution < -0.4 is 5.73 Å². The van der Waals surface area contributed by atoms with Crippen molar-refractivity contribution in [3.63, 3.8) is 0 Å². The first-order valence-corrected chi connectivity index (χ1v) is 5.54. The molecule has 0 aliphatic heterocycles. The van der Waals surface area contributed by atoms with E-state index in [4.69, 9.17) is 11.0 Å². The Balaban J connectivity index is 3.35. The van der Waals surface area contributed by atoms with Crippen LogP contribution in [0.2, 0.25) is 0 Å². The standard InChI is InChI=1S/C14H20N2/c1-9-6-11(14(3,4)5)7-10(2)13(9)12(16)8-15/h6-7,12H,16H2,1-5H3. The average molecular weight is 216 g/mol. The number of aryl methyl sites for hydroxylation is 2. The van der Waals surface area contributed by atoms with Gasteiger partial charge in [-0.05, 0) is 41.5 Å². The molecular weight excluding hydrogens is 196 g/mol. The zero-order chi connectivity index (χ0) is 12.5. The van der Waals surface area contributed by atoms with Gasteiger partial charge in [-0.25, -0.2) is 0 Å². The maximum Gasteiger partial charge on any atom is 0.119 e. The molecule has 2 N–H and O–H groups in total. The normalized spacial score (nSPS) is 13.3. The van der Waals surface area contributed by atoms with Gasteiger partial charge in [-0.3, -0.25) is 0 Å². The van der Waals surface area contributed by atoms with Gasteiger partial charge in [0.2, 0.25) is 0 Å². The van der Waals surface area contributed by atoms with Crippen LogP contribution >= 0.6 is 0 Å². The number of hydrogen-bond donors (Lipinski definition) is 1. The second kappa shape index (κ2) is 4.27. The lowest BCUT2D eigenvalue weighted by atomic mass is 9.83. The van der Waals surface area contributed by atoms with Crippen LogP contribution in [0.1, 0.15) is 49.1 Å². The Labute approximate surface area is 98.1 Å². The number of rotatable bonds is 1. The maximum atomic E-state index is 8.89. The lowest BCUT2D eigenvalue weighted by Gasteiger charge is -2.22. The molecule has 1 unspecified atom stereocenters. The van der Waals surface area contributed by atoms with E-state index in [1.165, 1.54) is 5.56 Å². The third kappa shape index (κ3) is 2.43. The van der Waals surface area contributed by atoms with E-state index in [0.29, 0.717) is 0 Å². The molecule has 16 heavy (non-hydrogen) atoms. The zero-order valence-corrected chi connectivity index (χ0v) is 10.8. The van der Waals surface area contributed by atoms with E-state index in [2.05, 4.69) is 39.0 Å². The minimum Gasteiger partial charge on any atom is -0.312 e. The highest BCUT2D eigenvalue weighted by atomic mass is 14.6. The predicted molar refractivity (Wildman–Crippen MR) is 67.2 cm³/mol. The molecular formula is C14H20N2. The second-order valence-corrected chi connectivity index (χ2v) is 5.38. The first-order chi connectivity index (χ1) is 7.27. The number of nitrogens with two attached hydrogens (primary N) is 1. The monoisotopic (exact) mass is 216 g/mol. The summed E-state index contributed by atoms with van der Waals surface area (Å²) in [5.74, 6) is 0. The Hall–Kier alpha value is -1.33. The molecule has 2 heteroatoms. The van der Waals surface area contributed by atoms with Gasteiger partial charge in [-0.2, -0.15) is 5.26 Å². The first kappa shape index (κ1) is 12.7. The minimum absolute atomic E-state index is 0.130. The second-order valence-electron chi connectivity index (χ2n) is 5.38. The summed E-state index contributed by atoms with van der Waals surface area (Å²) in [5.41, 5.74) is 10.4. The topological polar surface area (TPSA) is 49.8 Å². The third-order valence-corrected chi connectivity index (χ3v) is 2.91.